The van der Waals surface area contributed by atoms with Gasteiger partial charge in [-0.3, -0.25) is 14.5 Å². The van der Waals surface area contributed by atoms with E-state index in [1.165, 1.54) is 4.88 Å². The van der Waals surface area contributed by atoms with E-state index in [1.807, 2.05) is 48.2 Å². The molecule has 1 aromatic carbocycles. The van der Waals surface area contributed by atoms with Crippen molar-refractivity contribution in [3.8, 4) is 0 Å². The number of nitrogens with one attached hydrogen (secondary N) is 1. The Kier molecular flexibility index (Phi) is 6.41. The van der Waals surface area contributed by atoms with Crippen LogP contribution in [0.4, 0.5) is 0 Å². The minimum atomic E-state index is -0.174. The van der Waals surface area contributed by atoms with E-state index in [0.717, 1.165) is 25.1 Å². The molecule has 0 spiro atoms. The first-order valence-electron chi connectivity index (χ1n) is 9.03. The van der Waals surface area contributed by atoms with Crippen molar-refractivity contribution in [2.75, 3.05) is 32.7 Å². The molecule has 1 saturated heterocycles. The quantitative estimate of drug-likeness (QED) is 0.847. The van der Waals surface area contributed by atoms with Crippen LogP contribution < -0.4 is 5.32 Å². The van der Waals surface area contributed by atoms with Gasteiger partial charge in [-0.1, -0.05) is 24.3 Å². The molecule has 0 radical (unpaired) electrons. The Hall–Kier alpha value is -2.18. The van der Waals surface area contributed by atoms with Crippen molar-refractivity contribution in [3.63, 3.8) is 0 Å². The summed E-state index contributed by atoms with van der Waals surface area (Å²) in [5.74, 6) is 0.127. The number of hydrogen-bond acceptors (Lipinski definition) is 4. The molecule has 1 aliphatic heterocycles. The van der Waals surface area contributed by atoms with E-state index in [1.54, 1.807) is 11.3 Å². The Bertz CT molecular complexity index is 710. The SMILES string of the molecule is CC(C(=O)NCCc1cccs1)N1CCN(C(=O)c2ccccc2)CC1. The average molecular weight is 372 g/mol. The van der Waals surface area contributed by atoms with Crippen LogP contribution in [0, 0.1) is 0 Å². The van der Waals surface area contributed by atoms with Gasteiger partial charge in [0.1, 0.15) is 0 Å². The molecule has 1 unspecified atom stereocenters. The molecule has 1 fully saturated rings. The lowest BCUT2D eigenvalue weighted by atomic mass is 10.1. The second-order valence-electron chi connectivity index (χ2n) is 6.49. The van der Waals surface area contributed by atoms with Gasteiger partial charge in [-0.05, 0) is 36.9 Å². The molecule has 138 valence electrons. The first kappa shape index (κ1) is 18.6. The second-order valence-corrected chi connectivity index (χ2v) is 7.52. The number of nitrogens with zero attached hydrogens (tertiary/aromatic N) is 2. The molecule has 2 amide bonds. The van der Waals surface area contributed by atoms with Crippen molar-refractivity contribution in [1.29, 1.82) is 0 Å². The average Bonchev–Trinajstić information content (AvgIpc) is 3.21. The van der Waals surface area contributed by atoms with Gasteiger partial charge >= 0.3 is 0 Å². The number of thiophene rings is 1. The molecule has 0 aliphatic carbocycles. The fourth-order valence-corrected chi connectivity index (χ4v) is 3.86. The van der Waals surface area contributed by atoms with Crippen LogP contribution in [0.5, 0.6) is 0 Å². The van der Waals surface area contributed by atoms with E-state index < -0.39 is 0 Å². The molecule has 0 bridgehead atoms. The zero-order chi connectivity index (χ0) is 18.4. The van der Waals surface area contributed by atoms with E-state index in [0.29, 0.717) is 19.6 Å². The third-order valence-corrected chi connectivity index (χ3v) is 5.74. The van der Waals surface area contributed by atoms with Crippen molar-refractivity contribution >= 4 is 23.2 Å². The monoisotopic (exact) mass is 371 g/mol. The molecule has 1 atom stereocenters. The van der Waals surface area contributed by atoms with Crippen LogP contribution in [0.1, 0.15) is 22.2 Å². The molecule has 0 saturated carbocycles. The molecule has 6 heteroatoms. The molecular weight excluding hydrogens is 346 g/mol. The van der Waals surface area contributed by atoms with Crippen molar-refractivity contribution < 1.29 is 9.59 Å². The first-order chi connectivity index (χ1) is 12.6. The largest absolute Gasteiger partial charge is 0.354 e. The summed E-state index contributed by atoms with van der Waals surface area (Å²) < 4.78 is 0. The summed E-state index contributed by atoms with van der Waals surface area (Å²) in [6, 6.07) is 13.3. The summed E-state index contributed by atoms with van der Waals surface area (Å²) in [5.41, 5.74) is 0.723. The lowest BCUT2D eigenvalue weighted by Gasteiger charge is -2.37. The minimum absolute atomic E-state index is 0.0596. The van der Waals surface area contributed by atoms with Gasteiger partial charge in [0.2, 0.25) is 5.91 Å². The van der Waals surface area contributed by atoms with Crippen LogP contribution in [0.3, 0.4) is 0 Å². The van der Waals surface area contributed by atoms with Crippen molar-refractivity contribution in [2.24, 2.45) is 0 Å². The van der Waals surface area contributed by atoms with E-state index in [-0.39, 0.29) is 17.9 Å². The second kappa shape index (κ2) is 8.96. The topological polar surface area (TPSA) is 52.7 Å². The van der Waals surface area contributed by atoms with Crippen molar-refractivity contribution in [2.45, 2.75) is 19.4 Å². The number of carbonyl (C=O) groups excluding carboxylic acids is 2. The van der Waals surface area contributed by atoms with Crippen molar-refractivity contribution in [3.05, 3.63) is 58.3 Å². The zero-order valence-electron chi connectivity index (χ0n) is 15.1. The van der Waals surface area contributed by atoms with Gasteiger partial charge in [-0.25, -0.2) is 0 Å². The Labute approximate surface area is 158 Å². The highest BCUT2D eigenvalue weighted by Crippen LogP contribution is 2.11. The molecule has 1 aromatic heterocycles. The standard InChI is InChI=1S/C20H25N3O2S/c1-16(19(24)21-10-9-18-8-5-15-26-18)22-11-13-23(14-12-22)20(25)17-6-3-2-4-7-17/h2-8,15-16H,9-14H2,1H3,(H,21,24). The molecular formula is C20H25N3O2S. The third kappa shape index (κ3) is 4.71. The maximum absolute atomic E-state index is 12.5. The number of carbonyl (C=O) groups is 2. The Balaban J connectivity index is 1.43. The first-order valence-corrected chi connectivity index (χ1v) is 9.91. The Morgan fingerprint density at radius 3 is 2.46 bits per heavy atom. The summed E-state index contributed by atoms with van der Waals surface area (Å²) in [7, 11) is 0. The summed E-state index contributed by atoms with van der Waals surface area (Å²) >= 11 is 1.71. The zero-order valence-corrected chi connectivity index (χ0v) is 15.9. The highest BCUT2D eigenvalue weighted by molar-refractivity contribution is 7.09. The van der Waals surface area contributed by atoms with Crippen LogP contribution in [-0.4, -0.2) is 60.4 Å². The Morgan fingerprint density at radius 2 is 1.81 bits per heavy atom. The number of hydrogen-bond donors (Lipinski definition) is 1. The summed E-state index contributed by atoms with van der Waals surface area (Å²) in [6.45, 7) is 5.35. The minimum Gasteiger partial charge on any atom is -0.354 e. The number of amides is 2. The van der Waals surface area contributed by atoms with Gasteiger partial charge in [-0.15, -0.1) is 11.3 Å². The predicted molar refractivity (Wildman–Crippen MR) is 104 cm³/mol. The van der Waals surface area contributed by atoms with Gasteiger partial charge in [0, 0.05) is 43.2 Å². The highest BCUT2D eigenvalue weighted by Gasteiger charge is 2.27. The van der Waals surface area contributed by atoms with Gasteiger partial charge in [-0.2, -0.15) is 0 Å². The lowest BCUT2D eigenvalue weighted by Crippen LogP contribution is -2.55. The Morgan fingerprint density at radius 1 is 1.08 bits per heavy atom. The van der Waals surface area contributed by atoms with Crippen LogP contribution in [-0.2, 0) is 11.2 Å². The van der Waals surface area contributed by atoms with Crippen LogP contribution >= 0.6 is 11.3 Å². The maximum Gasteiger partial charge on any atom is 0.253 e. The number of piperazine rings is 1. The van der Waals surface area contributed by atoms with Gasteiger partial charge in [0.25, 0.3) is 5.91 Å². The predicted octanol–water partition coefficient (Wildman–Crippen LogP) is 2.25. The summed E-state index contributed by atoms with van der Waals surface area (Å²) in [4.78, 5) is 30.2. The fraction of sp³-hybridized carbons (Fsp3) is 0.400. The van der Waals surface area contributed by atoms with Crippen molar-refractivity contribution in [1.82, 2.24) is 15.1 Å². The van der Waals surface area contributed by atoms with E-state index in [4.69, 9.17) is 0 Å². The molecule has 26 heavy (non-hydrogen) atoms. The summed E-state index contributed by atoms with van der Waals surface area (Å²) in [5, 5.41) is 5.07. The smallest absolute Gasteiger partial charge is 0.253 e. The van der Waals surface area contributed by atoms with Crippen LogP contribution in [0.25, 0.3) is 0 Å². The van der Waals surface area contributed by atoms with E-state index in [9.17, 15) is 9.59 Å². The van der Waals surface area contributed by atoms with E-state index >= 15 is 0 Å². The van der Waals surface area contributed by atoms with Gasteiger partial charge in [0.05, 0.1) is 6.04 Å². The van der Waals surface area contributed by atoms with E-state index in [2.05, 4.69) is 21.7 Å². The fourth-order valence-electron chi connectivity index (χ4n) is 3.15. The molecule has 1 aliphatic rings. The molecule has 2 heterocycles. The van der Waals surface area contributed by atoms with Gasteiger partial charge in [0.15, 0.2) is 0 Å². The lowest BCUT2D eigenvalue weighted by molar-refractivity contribution is -0.126. The maximum atomic E-state index is 12.5. The molecule has 2 aromatic rings. The summed E-state index contributed by atoms with van der Waals surface area (Å²) in [6.07, 6.45) is 0.871. The van der Waals surface area contributed by atoms with Gasteiger partial charge < -0.3 is 10.2 Å². The number of rotatable bonds is 6. The van der Waals surface area contributed by atoms with Crippen LogP contribution in [0.15, 0.2) is 47.8 Å². The number of benzene rings is 1. The van der Waals surface area contributed by atoms with Crippen LogP contribution in [0.2, 0.25) is 0 Å². The molecule has 3 rings (SSSR count). The normalized spacial score (nSPS) is 16.3. The molecule has 1 N–H and O–H groups in total. The third-order valence-electron chi connectivity index (χ3n) is 4.80. The molecule has 5 nitrogen and oxygen atoms in total. The highest BCUT2D eigenvalue weighted by atomic mass is 32.1.